The number of aliphatic imine (C=N–C) groups is 1. The molecule has 0 radical (unpaired) electrons. The summed E-state index contributed by atoms with van der Waals surface area (Å²) in [5.41, 5.74) is 6.37. The number of hydrogen-bond acceptors (Lipinski definition) is 3. The fraction of sp³-hybridized carbons (Fsp3) is 0.611. The summed E-state index contributed by atoms with van der Waals surface area (Å²) in [6.45, 7) is 5.17. The summed E-state index contributed by atoms with van der Waals surface area (Å²) in [6.07, 6.45) is 1.22. The molecule has 0 aliphatic carbocycles. The summed E-state index contributed by atoms with van der Waals surface area (Å²) in [4.78, 5) is 6.78. The van der Waals surface area contributed by atoms with Crippen LogP contribution in [0.1, 0.15) is 39.0 Å². The number of nitrogens with two attached hydrogens (primary N) is 1. The van der Waals surface area contributed by atoms with E-state index in [2.05, 4.69) is 26.9 Å². The zero-order valence-corrected chi connectivity index (χ0v) is 15.1. The van der Waals surface area contributed by atoms with Gasteiger partial charge in [-0.2, -0.15) is 0 Å². The van der Waals surface area contributed by atoms with E-state index in [0.29, 0.717) is 18.3 Å². The zero-order valence-electron chi connectivity index (χ0n) is 15.1. The second kappa shape index (κ2) is 9.66. The first kappa shape index (κ1) is 20.4. The molecule has 146 valence electrons. The van der Waals surface area contributed by atoms with Crippen molar-refractivity contribution in [1.29, 1.82) is 0 Å². The van der Waals surface area contributed by atoms with Gasteiger partial charge in [0.1, 0.15) is 5.75 Å². The maximum atomic E-state index is 12.1. The maximum absolute atomic E-state index is 12.1. The van der Waals surface area contributed by atoms with Crippen LogP contribution in [-0.4, -0.2) is 42.9 Å². The van der Waals surface area contributed by atoms with Crippen LogP contribution in [0, 0.1) is 0 Å². The van der Waals surface area contributed by atoms with Crippen molar-refractivity contribution in [3.8, 4) is 5.75 Å². The SMILES string of the molecule is CC1CCCCN1CCCCN=C(N)Nc1ccc(OC(F)(F)F)cc1. The summed E-state index contributed by atoms with van der Waals surface area (Å²) in [5, 5.41) is 2.86. The lowest BCUT2D eigenvalue weighted by atomic mass is 10.0. The van der Waals surface area contributed by atoms with Crippen molar-refractivity contribution in [3.05, 3.63) is 24.3 Å². The molecule has 1 saturated heterocycles. The maximum Gasteiger partial charge on any atom is 0.573 e. The lowest BCUT2D eigenvalue weighted by Crippen LogP contribution is -2.38. The Labute approximate surface area is 152 Å². The zero-order chi connectivity index (χ0) is 19.0. The van der Waals surface area contributed by atoms with Crippen LogP contribution in [0.5, 0.6) is 5.75 Å². The second-order valence-corrected chi connectivity index (χ2v) is 6.55. The predicted octanol–water partition coefficient (Wildman–Crippen LogP) is 3.97. The van der Waals surface area contributed by atoms with Gasteiger partial charge in [0, 0.05) is 18.3 Å². The predicted molar refractivity (Wildman–Crippen MR) is 97.4 cm³/mol. The van der Waals surface area contributed by atoms with Crippen LogP contribution >= 0.6 is 0 Å². The molecular formula is C18H27F3N4O. The molecule has 5 nitrogen and oxygen atoms in total. The highest BCUT2D eigenvalue weighted by atomic mass is 19.4. The third-order valence-electron chi connectivity index (χ3n) is 4.44. The van der Waals surface area contributed by atoms with E-state index in [-0.39, 0.29) is 11.7 Å². The van der Waals surface area contributed by atoms with E-state index in [9.17, 15) is 13.2 Å². The Balaban J connectivity index is 1.67. The number of ether oxygens (including phenoxy) is 1. The number of piperidine rings is 1. The van der Waals surface area contributed by atoms with Crippen molar-refractivity contribution >= 4 is 11.6 Å². The minimum atomic E-state index is -4.69. The number of guanidine groups is 1. The molecule has 3 N–H and O–H groups in total. The van der Waals surface area contributed by atoms with E-state index in [1.54, 1.807) is 0 Å². The number of anilines is 1. The Morgan fingerprint density at radius 3 is 2.65 bits per heavy atom. The molecule has 1 aromatic rings. The smallest absolute Gasteiger partial charge is 0.406 e. The van der Waals surface area contributed by atoms with Crippen molar-refractivity contribution in [2.75, 3.05) is 25.0 Å². The van der Waals surface area contributed by atoms with Crippen molar-refractivity contribution in [1.82, 2.24) is 4.90 Å². The number of likely N-dealkylation sites (tertiary alicyclic amines) is 1. The fourth-order valence-corrected chi connectivity index (χ4v) is 3.04. The van der Waals surface area contributed by atoms with Gasteiger partial charge in [-0.15, -0.1) is 13.2 Å². The molecule has 1 heterocycles. The molecule has 1 aliphatic rings. The lowest BCUT2D eigenvalue weighted by Gasteiger charge is -2.33. The van der Waals surface area contributed by atoms with Crippen molar-refractivity contribution in [2.45, 2.75) is 51.4 Å². The second-order valence-electron chi connectivity index (χ2n) is 6.55. The molecule has 26 heavy (non-hydrogen) atoms. The summed E-state index contributed by atoms with van der Waals surface area (Å²) in [6, 6.07) is 6.04. The molecule has 1 aliphatic heterocycles. The molecule has 0 aromatic heterocycles. The topological polar surface area (TPSA) is 62.9 Å². The first-order chi connectivity index (χ1) is 12.3. The molecule has 0 bridgehead atoms. The molecule has 8 heteroatoms. The minimum absolute atomic E-state index is 0.251. The first-order valence-corrected chi connectivity index (χ1v) is 9.00. The molecule has 1 unspecified atom stereocenters. The highest BCUT2D eigenvalue weighted by molar-refractivity contribution is 5.92. The number of unbranched alkanes of at least 4 members (excludes halogenated alkanes) is 1. The number of nitrogens with zero attached hydrogens (tertiary/aromatic N) is 2. The summed E-state index contributed by atoms with van der Waals surface area (Å²) in [5.74, 6) is -0.0219. The lowest BCUT2D eigenvalue weighted by molar-refractivity contribution is -0.274. The number of rotatable bonds is 7. The number of nitrogens with one attached hydrogen (secondary N) is 1. The Morgan fingerprint density at radius 2 is 2.00 bits per heavy atom. The number of alkyl halides is 3. The molecule has 0 saturated carbocycles. The van der Waals surface area contributed by atoms with E-state index in [1.807, 2.05) is 0 Å². The minimum Gasteiger partial charge on any atom is -0.406 e. The summed E-state index contributed by atoms with van der Waals surface area (Å²) >= 11 is 0. The van der Waals surface area contributed by atoms with Crippen LogP contribution in [0.3, 0.4) is 0 Å². The van der Waals surface area contributed by atoms with E-state index < -0.39 is 6.36 Å². The molecule has 1 aromatic carbocycles. The molecule has 0 amide bonds. The van der Waals surface area contributed by atoms with Gasteiger partial charge in [0.2, 0.25) is 0 Å². The van der Waals surface area contributed by atoms with E-state index in [0.717, 1.165) is 19.4 Å². The molecule has 2 rings (SSSR count). The fourth-order valence-electron chi connectivity index (χ4n) is 3.04. The molecular weight excluding hydrogens is 345 g/mol. The number of hydrogen-bond donors (Lipinski definition) is 2. The van der Waals surface area contributed by atoms with Gasteiger partial charge in [-0.1, -0.05) is 6.42 Å². The van der Waals surface area contributed by atoms with Crippen LogP contribution in [0.4, 0.5) is 18.9 Å². The van der Waals surface area contributed by atoms with Gasteiger partial charge in [0.15, 0.2) is 5.96 Å². The Hall–Kier alpha value is -1.96. The third kappa shape index (κ3) is 7.51. The molecule has 1 atom stereocenters. The van der Waals surface area contributed by atoms with Crippen molar-refractivity contribution < 1.29 is 17.9 Å². The van der Waals surface area contributed by atoms with Crippen LogP contribution in [0.25, 0.3) is 0 Å². The van der Waals surface area contributed by atoms with E-state index in [4.69, 9.17) is 5.73 Å². The Kier molecular flexibility index (Phi) is 7.56. The largest absolute Gasteiger partial charge is 0.573 e. The van der Waals surface area contributed by atoms with E-state index >= 15 is 0 Å². The quantitative estimate of drug-likeness (QED) is 0.432. The van der Waals surface area contributed by atoms with Crippen LogP contribution < -0.4 is 15.8 Å². The number of benzene rings is 1. The van der Waals surface area contributed by atoms with Crippen molar-refractivity contribution in [3.63, 3.8) is 0 Å². The Bertz CT molecular complexity index is 575. The van der Waals surface area contributed by atoms with Crippen LogP contribution in [0.15, 0.2) is 29.3 Å². The van der Waals surface area contributed by atoms with Gasteiger partial charge in [-0.3, -0.25) is 4.99 Å². The van der Waals surface area contributed by atoms with Gasteiger partial charge in [-0.25, -0.2) is 0 Å². The first-order valence-electron chi connectivity index (χ1n) is 9.00. The van der Waals surface area contributed by atoms with Gasteiger partial charge >= 0.3 is 6.36 Å². The summed E-state index contributed by atoms with van der Waals surface area (Å²) in [7, 11) is 0. The highest BCUT2D eigenvalue weighted by Gasteiger charge is 2.30. The average molecular weight is 372 g/mol. The van der Waals surface area contributed by atoms with Gasteiger partial charge < -0.3 is 20.7 Å². The Morgan fingerprint density at radius 1 is 1.27 bits per heavy atom. The molecule has 1 fully saturated rings. The van der Waals surface area contributed by atoms with Crippen LogP contribution in [-0.2, 0) is 0 Å². The average Bonchev–Trinajstić information content (AvgIpc) is 2.56. The van der Waals surface area contributed by atoms with Crippen molar-refractivity contribution in [2.24, 2.45) is 10.7 Å². The van der Waals surface area contributed by atoms with E-state index in [1.165, 1.54) is 50.1 Å². The van der Waals surface area contributed by atoms with Gasteiger partial charge in [-0.05, 0) is 70.0 Å². The normalized spacial score (nSPS) is 19.4. The number of halogens is 3. The van der Waals surface area contributed by atoms with Crippen LogP contribution in [0.2, 0.25) is 0 Å². The van der Waals surface area contributed by atoms with Gasteiger partial charge in [0.05, 0.1) is 0 Å². The highest BCUT2D eigenvalue weighted by Crippen LogP contribution is 2.23. The summed E-state index contributed by atoms with van der Waals surface area (Å²) < 4.78 is 40.2. The van der Waals surface area contributed by atoms with Gasteiger partial charge in [0.25, 0.3) is 0 Å². The standard InChI is InChI=1S/C18H27F3N4O/c1-14-6-2-4-12-25(14)13-5-3-11-23-17(22)24-15-7-9-16(10-8-15)26-18(19,20)21/h7-10,14H,2-6,11-13H2,1H3,(H3,22,23,24). The monoisotopic (exact) mass is 372 g/mol. The third-order valence-corrected chi connectivity index (χ3v) is 4.44. The molecule has 0 spiro atoms.